The Morgan fingerprint density at radius 3 is 2.27 bits per heavy atom. The first-order chi connectivity index (χ1) is 19.9. The zero-order valence-electron chi connectivity index (χ0n) is 22.0. The van der Waals surface area contributed by atoms with Crippen LogP contribution in [0.1, 0.15) is 11.1 Å². The lowest BCUT2D eigenvalue weighted by molar-refractivity contribution is -0.141. The van der Waals surface area contributed by atoms with Gasteiger partial charge in [0.15, 0.2) is 11.8 Å². The highest BCUT2D eigenvalue weighted by Gasteiger charge is 2.38. The summed E-state index contributed by atoms with van der Waals surface area (Å²) in [5.41, 5.74) is 5.44. The Morgan fingerprint density at radius 1 is 0.854 bits per heavy atom. The molecule has 0 amide bonds. The molecule has 2 N–H and O–H groups in total. The number of ether oxygens (including phenoxy) is 2. The Bertz CT molecular complexity index is 2000. The van der Waals surface area contributed by atoms with Gasteiger partial charge in [-0.05, 0) is 24.3 Å². The van der Waals surface area contributed by atoms with Crippen LogP contribution in [0.25, 0.3) is 33.0 Å². The van der Waals surface area contributed by atoms with Crippen molar-refractivity contribution >= 4 is 60.6 Å². The zero-order valence-corrected chi connectivity index (χ0v) is 22.8. The molecule has 1 atom stereocenters. The van der Waals surface area contributed by atoms with E-state index in [1.807, 2.05) is 24.3 Å². The van der Waals surface area contributed by atoms with Crippen molar-refractivity contribution in [1.29, 1.82) is 0 Å². The summed E-state index contributed by atoms with van der Waals surface area (Å²) in [6, 6.07) is 21.4. The molecule has 0 saturated heterocycles. The summed E-state index contributed by atoms with van der Waals surface area (Å²) in [6.07, 6.45) is 3.19. The standard InChI is InChI=1S/C30H24N4O6S/c1-39-29(35)27-25(21-16-31-23-14-8-6-12-19(21)23)26(28(33-32-27)30(36)40-2)22-17-34(24-15-9-7-13-20(22)24)41(37,38)18-10-4-3-5-11-18/h3-17,27,31-32H,1-2H3. The quantitative estimate of drug-likeness (QED) is 0.297. The average Bonchev–Trinajstić information content (AvgIpc) is 3.62. The number of aromatic amines is 1. The second-order valence-electron chi connectivity index (χ2n) is 9.25. The molecular weight excluding hydrogens is 544 g/mol. The zero-order chi connectivity index (χ0) is 28.7. The van der Waals surface area contributed by atoms with E-state index in [2.05, 4.69) is 15.5 Å². The fourth-order valence-corrected chi connectivity index (χ4v) is 6.56. The van der Waals surface area contributed by atoms with Crippen molar-refractivity contribution in [3.05, 3.63) is 102 Å². The van der Waals surface area contributed by atoms with E-state index in [0.717, 1.165) is 10.9 Å². The molecule has 1 unspecified atom stereocenters. The number of nitrogens with one attached hydrogen (secondary N) is 2. The number of nitrogens with zero attached hydrogens (tertiary/aromatic N) is 2. The molecule has 206 valence electrons. The van der Waals surface area contributed by atoms with Crippen molar-refractivity contribution in [2.45, 2.75) is 10.9 Å². The predicted molar refractivity (Wildman–Crippen MR) is 154 cm³/mol. The van der Waals surface area contributed by atoms with Gasteiger partial charge in [0.1, 0.15) is 0 Å². The number of benzene rings is 3. The van der Waals surface area contributed by atoms with Crippen LogP contribution < -0.4 is 5.43 Å². The van der Waals surface area contributed by atoms with Crippen molar-refractivity contribution in [1.82, 2.24) is 14.4 Å². The SMILES string of the molecule is COC(=O)C1=NNC(C(=O)OC)C(c2c[nH]c3ccccc23)=C1c1cn(S(=O)(=O)c2ccccc2)c2ccccc12. The summed E-state index contributed by atoms with van der Waals surface area (Å²) >= 11 is 0. The average molecular weight is 569 g/mol. The van der Waals surface area contributed by atoms with Gasteiger partial charge < -0.3 is 14.5 Å². The van der Waals surface area contributed by atoms with E-state index in [-0.39, 0.29) is 16.2 Å². The number of hydrogen-bond acceptors (Lipinski definition) is 8. The maximum absolute atomic E-state index is 13.9. The Morgan fingerprint density at radius 2 is 1.54 bits per heavy atom. The molecule has 0 bridgehead atoms. The summed E-state index contributed by atoms with van der Waals surface area (Å²) in [7, 11) is -1.56. The van der Waals surface area contributed by atoms with Crippen molar-refractivity contribution in [3.63, 3.8) is 0 Å². The molecule has 0 fully saturated rings. The minimum absolute atomic E-state index is 0.0951. The lowest BCUT2D eigenvalue weighted by atomic mass is 9.85. The van der Waals surface area contributed by atoms with Gasteiger partial charge in [-0.25, -0.2) is 22.0 Å². The van der Waals surface area contributed by atoms with E-state index >= 15 is 0 Å². The maximum Gasteiger partial charge on any atom is 0.359 e. The van der Waals surface area contributed by atoms with E-state index < -0.39 is 28.0 Å². The minimum atomic E-state index is -4.04. The van der Waals surface area contributed by atoms with Crippen LogP contribution in [0.3, 0.4) is 0 Å². The monoisotopic (exact) mass is 568 g/mol. The first-order valence-electron chi connectivity index (χ1n) is 12.6. The van der Waals surface area contributed by atoms with Crippen LogP contribution in [0.15, 0.2) is 101 Å². The summed E-state index contributed by atoms with van der Waals surface area (Å²) in [5.74, 6) is -1.41. The molecule has 11 heteroatoms. The third-order valence-corrected chi connectivity index (χ3v) is 8.73. The van der Waals surface area contributed by atoms with Gasteiger partial charge in [0, 0.05) is 51.0 Å². The fourth-order valence-electron chi connectivity index (χ4n) is 5.17. The van der Waals surface area contributed by atoms with E-state index in [1.165, 1.54) is 36.5 Å². The lowest BCUT2D eigenvalue weighted by Gasteiger charge is -2.26. The third-order valence-electron chi connectivity index (χ3n) is 7.04. The molecule has 0 spiro atoms. The van der Waals surface area contributed by atoms with Gasteiger partial charge in [0.25, 0.3) is 10.0 Å². The van der Waals surface area contributed by atoms with Crippen LogP contribution in [0.4, 0.5) is 0 Å². The largest absolute Gasteiger partial charge is 0.467 e. The van der Waals surface area contributed by atoms with Crippen molar-refractivity contribution in [3.8, 4) is 0 Å². The number of rotatable bonds is 6. The molecule has 1 aliphatic heterocycles. The van der Waals surface area contributed by atoms with Gasteiger partial charge in [-0.2, -0.15) is 5.10 Å². The number of carbonyl (C=O) groups is 2. The number of methoxy groups -OCH3 is 2. The Kier molecular flexibility index (Phi) is 6.43. The Labute approximate surface area is 234 Å². The number of esters is 2. The summed E-state index contributed by atoms with van der Waals surface area (Å²) in [6.45, 7) is 0. The number of H-pyrrole nitrogens is 1. The van der Waals surface area contributed by atoms with E-state index in [9.17, 15) is 18.0 Å². The fraction of sp³-hybridized carbons (Fsp3) is 0.100. The summed E-state index contributed by atoms with van der Waals surface area (Å²) in [5, 5.41) is 5.56. The van der Waals surface area contributed by atoms with Crippen LogP contribution in [0, 0.1) is 0 Å². The van der Waals surface area contributed by atoms with E-state index in [1.54, 1.807) is 48.7 Å². The molecular formula is C30H24N4O6S. The number of aromatic nitrogens is 2. The van der Waals surface area contributed by atoms with Crippen LogP contribution in [-0.4, -0.2) is 55.3 Å². The molecule has 0 saturated carbocycles. The molecule has 3 heterocycles. The van der Waals surface area contributed by atoms with E-state index in [0.29, 0.717) is 27.6 Å². The van der Waals surface area contributed by atoms with Gasteiger partial charge in [0.2, 0.25) is 0 Å². The molecule has 3 aromatic carbocycles. The molecule has 41 heavy (non-hydrogen) atoms. The molecule has 2 aromatic heterocycles. The maximum atomic E-state index is 13.9. The number of fused-ring (bicyclic) bond motifs is 2. The number of para-hydroxylation sites is 2. The highest BCUT2D eigenvalue weighted by atomic mass is 32.2. The predicted octanol–water partition coefficient (Wildman–Crippen LogP) is 3.94. The molecule has 0 radical (unpaired) electrons. The second kappa shape index (κ2) is 10.1. The molecule has 1 aliphatic rings. The van der Waals surface area contributed by atoms with Gasteiger partial charge in [-0.15, -0.1) is 0 Å². The van der Waals surface area contributed by atoms with Gasteiger partial charge in [-0.1, -0.05) is 54.6 Å². The Balaban J connectivity index is 1.74. The van der Waals surface area contributed by atoms with Crippen molar-refractivity contribution < 1.29 is 27.5 Å². The molecule has 6 rings (SSSR count). The van der Waals surface area contributed by atoms with Crippen LogP contribution in [-0.2, 0) is 29.1 Å². The highest BCUT2D eigenvalue weighted by Crippen LogP contribution is 2.40. The second-order valence-corrected chi connectivity index (χ2v) is 11.1. The summed E-state index contributed by atoms with van der Waals surface area (Å²) in [4.78, 5) is 29.6. The molecule has 5 aromatic rings. The van der Waals surface area contributed by atoms with Gasteiger partial charge in [0.05, 0.1) is 24.6 Å². The lowest BCUT2D eigenvalue weighted by Crippen LogP contribution is -2.41. The topological polar surface area (TPSA) is 132 Å². The Hall–Kier alpha value is -5.16. The smallest absolute Gasteiger partial charge is 0.359 e. The van der Waals surface area contributed by atoms with Crippen molar-refractivity contribution in [2.24, 2.45) is 5.10 Å². The molecule has 0 aliphatic carbocycles. The number of hydrazone groups is 1. The summed E-state index contributed by atoms with van der Waals surface area (Å²) < 4.78 is 39.1. The van der Waals surface area contributed by atoms with Crippen molar-refractivity contribution in [2.75, 3.05) is 14.2 Å². The highest BCUT2D eigenvalue weighted by molar-refractivity contribution is 7.90. The minimum Gasteiger partial charge on any atom is -0.467 e. The number of hydrogen-bond donors (Lipinski definition) is 2. The van der Waals surface area contributed by atoms with Crippen LogP contribution >= 0.6 is 0 Å². The first kappa shape index (κ1) is 26.1. The third kappa shape index (κ3) is 4.18. The first-order valence-corrected chi connectivity index (χ1v) is 14.0. The van der Waals surface area contributed by atoms with Gasteiger partial charge >= 0.3 is 11.9 Å². The number of carbonyl (C=O) groups excluding carboxylic acids is 2. The van der Waals surface area contributed by atoms with Crippen LogP contribution in [0.2, 0.25) is 0 Å². The molecule has 10 nitrogen and oxygen atoms in total. The normalized spacial score (nSPS) is 15.5. The van der Waals surface area contributed by atoms with E-state index in [4.69, 9.17) is 9.47 Å². The van der Waals surface area contributed by atoms with Crippen LogP contribution in [0.5, 0.6) is 0 Å². The van der Waals surface area contributed by atoms with Gasteiger partial charge in [-0.3, -0.25) is 5.43 Å².